The van der Waals surface area contributed by atoms with Crippen LogP contribution in [0.4, 0.5) is 0 Å². The lowest BCUT2D eigenvalue weighted by Gasteiger charge is -2.18. The van der Waals surface area contributed by atoms with Crippen LogP contribution in [-0.4, -0.2) is 37.1 Å². The average molecular weight is 314 g/mol. The van der Waals surface area contributed by atoms with Gasteiger partial charge in [-0.1, -0.05) is 17.7 Å². The minimum absolute atomic E-state index is 0.137. The second-order valence-electron chi connectivity index (χ2n) is 5.41. The van der Waals surface area contributed by atoms with Crippen LogP contribution in [0.1, 0.15) is 20.8 Å². The molecule has 1 heterocycles. The number of halogens is 1. The molecule has 0 saturated carbocycles. The lowest BCUT2D eigenvalue weighted by atomic mass is 10.3. The molecule has 1 fully saturated rings. The highest BCUT2D eigenvalue weighted by molar-refractivity contribution is 6.30. The standard InChI is InChI=1S/C15H20ClNO4/c1-10(20-12-6-4-5-11(16)7-12)14(18)17-8-13-9-19-15(2,3)21-13/h4-7,10,13H,8-9H2,1-3H3,(H,17,18)/t10-,13-/m0/s1. The zero-order valence-corrected chi connectivity index (χ0v) is 13.1. The summed E-state index contributed by atoms with van der Waals surface area (Å²) in [6.07, 6.45) is -0.749. The highest BCUT2D eigenvalue weighted by Crippen LogP contribution is 2.22. The molecule has 0 aromatic heterocycles. The van der Waals surface area contributed by atoms with Crippen molar-refractivity contribution in [3.05, 3.63) is 29.3 Å². The highest BCUT2D eigenvalue weighted by Gasteiger charge is 2.32. The first-order chi connectivity index (χ1) is 9.85. The second-order valence-corrected chi connectivity index (χ2v) is 5.85. The Labute approximate surface area is 129 Å². The van der Waals surface area contributed by atoms with Gasteiger partial charge in [-0.05, 0) is 39.0 Å². The molecular formula is C15H20ClNO4. The third kappa shape index (κ3) is 4.88. The topological polar surface area (TPSA) is 56.8 Å². The predicted molar refractivity (Wildman–Crippen MR) is 79.5 cm³/mol. The maximum Gasteiger partial charge on any atom is 0.260 e. The molecule has 1 aromatic carbocycles. The first-order valence-corrected chi connectivity index (χ1v) is 7.25. The first kappa shape index (κ1) is 16.1. The van der Waals surface area contributed by atoms with Gasteiger partial charge in [-0.3, -0.25) is 4.79 Å². The lowest BCUT2D eigenvalue weighted by Crippen LogP contribution is -2.41. The van der Waals surface area contributed by atoms with Gasteiger partial charge in [0.05, 0.1) is 6.61 Å². The lowest BCUT2D eigenvalue weighted by molar-refractivity contribution is -0.140. The molecule has 1 saturated heterocycles. The SMILES string of the molecule is C[C@H](Oc1cccc(Cl)c1)C(=O)NC[C@H]1COC(C)(C)O1. The van der Waals surface area contributed by atoms with Gasteiger partial charge in [0.25, 0.3) is 5.91 Å². The Morgan fingerprint density at radius 2 is 2.33 bits per heavy atom. The number of hydrogen-bond acceptors (Lipinski definition) is 4. The smallest absolute Gasteiger partial charge is 0.260 e. The number of hydrogen-bond donors (Lipinski definition) is 1. The summed E-state index contributed by atoms with van der Waals surface area (Å²) in [6, 6.07) is 6.94. The molecule has 0 spiro atoms. The fourth-order valence-corrected chi connectivity index (χ4v) is 2.20. The van der Waals surface area contributed by atoms with Crippen LogP contribution in [0.5, 0.6) is 5.75 Å². The van der Waals surface area contributed by atoms with E-state index < -0.39 is 11.9 Å². The quantitative estimate of drug-likeness (QED) is 0.907. The molecule has 5 nitrogen and oxygen atoms in total. The van der Waals surface area contributed by atoms with E-state index in [1.165, 1.54) is 0 Å². The number of amides is 1. The molecule has 116 valence electrons. The van der Waals surface area contributed by atoms with Gasteiger partial charge in [0.2, 0.25) is 0 Å². The van der Waals surface area contributed by atoms with Crippen molar-refractivity contribution in [3.63, 3.8) is 0 Å². The van der Waals surface area contributed by atoms with E-state index in [1.54, 1.807) is 31.2 Å². The van der Waals surface area contributed by atoms with Crippen LogP contribution in [0.3, 0.4) is 0 Å². The molecule has 1 amide bonds. The van der Waals surface area contributed by atoms with Crippen molar-refractivity contribution in [2.24, 2.45) is 0 Å². The van der Waals surface area contributed by atoms with Crippen molar-refractivity contribution in [2.45, 2.75) is 38.8 Å². The molecule has 0 aliphatic carbocycles. The fraction of sp³-hybridized carbons (Fsp3) is 0.533. The zero-order chi connectivity index (χ0) is 15.5. The van der Waals surface area contributed by atoms with E-state index in [0.717, 1.165) is 0 Å². The van der Waals surface area contributed by atoms with Gasteiger partial charge < -0.3 is 19.5 Å². The van der Waals surface area contributed by atoms with Crippen LogP contribution in [0.25, 0.3) is 0 Å². The first-order valence-electron chi connectivity index (χ1n) is 6.87. The van der Waals surface area contributed by atoms with Crippen molar-refractivity contribution in [1.29, 1.82) is 0 Å². The minimum Gasteiger partial charge on any atom is -0.481 e. The summed E-state index contributed by atoms with van der Waals surface area (Å²) < 4.78 is 16.6. The third-order valence-electron chi connectivity index (χ3n) is 3.05. The van der Waals surface area contributed by atoms with Crippen molar-refractivity contribution in [2.75, 3.05) is 13.2 Å². The maximum absolute atomic E-state index is 12.0. The average Bonchev–Trinajstić information content (AvgIpc) is 2.75. The van der Waals surface area contributed by atoms with E-state index in [4.69, 9.17) is 25.8 Å². The molecule has 1 aliphatic heterocycles. The minimum atomic E-state index is -0.612. The van der Waals surface area contributed by atoms with Crippen molar-refractivity contribution in [3.8, 4) is 5.75 Å². The number of ether oxygens (including phenoxy) is 3. The Kier molecular flexibility index (Phi) is 5.08. The molecule has 2 atom stereocenters. The molecule has 6 heteroatoms. The van der Waals surface area contributed by atoms with Gasteiger partial charge in [-0.25, -0.2) is 0 Å². The monoisotopic (exact) mass is 313 g/mol. The Bertz CT molecular complexity index is 506. The maximum atomic E-state index is 12.0. The summed E-state index contributed by atoms with van der Waals surface area (Å²) in [7, 11) is 0. The number of carbonyl (C=O) groups excluding carboxylic acids is 1. The molecule has 0 unspecified atom stereocenters. The Morgan fingerprint density at radius 3 is 2.95 bits per heavy atom. The molecule has 2 rings (SSSR count). The van der Waals surface area contributed by atoms with Gasteiger partial charge in [-0.15, -0.1) is 0 Å². The summed E-state index contributed by atoms with van der Waals surface area (Å²) >= 11 is 5.87. The van der Waals surface area contributed by atoms with Crippen LogP contribution in [0, 0.1) is 0 Å². The van der Waals surface area contributed by atoms with E-state index in [-0.39, 0.29) is 12.0 Å². The summed E-state index contributed by atoms with van der Waals surface area (Å²) in [6.45, 7) is 6.24. The van der Waals surface area contributed by atoms with E-state index in [2.05, 4.69) is 5.32 Å². The van der Waals surface area contributed by atoms with E-state index in [1.807, 2.05) is 13.8 Å². The molecule has 1 N–H and O–H groups in total. The van der Waals surface area contributed by atoms with E-state index in [9.17, 15) is 4.79 Å². The van der Waals surface area contributed by atoms with E-state index >= 15 is 0 Å². The molecule has 0 bridgehead atoms. The molecule has 1 aromatic rings. The third-order valence-corrected chi connectivity index (χ3v) is 3.28. The molecule has 1 aliphatic rings. The van der Waals surface area contributed by atoms with Crippen LogP contribution in [-0.2, 0) is 14.3 Å². The Balaban J connectivity index is 1.78. The highest BCUT2D eigenvalue weighted by atomic mass is 35.5. The van der Waals surface area contributed by atoms with Gasteiger partial charge in [-0.2, -0.15) is 0 Å². The molecule has 0 radical (unpaired) electrons. The van der Waals surface area contributed by atoms with Crippen LogP contribution >= 0.6 is 11.6 Å². The summed E-state index contributed by atoms with van der Waals surface area (Å²) in [5.74, 6) is -0.229. The Hall–Kier alpha value is -1.30. The number of carbonyl (C=O) groups is 1. The van der Waals surface area contributed by atoms with Crippen molar-refractivity contribution >= 4 is 17.5 Å². The summed E-state index contributed by atoms with van der Waals surface area (Å²) in [5.41, 5.74) is 0. The predicted octanol–water partition coefficient (Wildman–Crippen LogP) is 2.38. The van der Waals surface area contributed by atoms with E-state index in [0.29, 0.717) is 23.9 Å². The van der Waals surface area contributed by atoms with Crippen molar-refractivity contribution < 1.29 is 19.0 Å². The van der Waals surface area contributed by atoms with Crippen LogP contribution in [0.2, 0.25) is 5.02 Å². The largest absolute Gasteiger partial charge is 0.481 e. The Morgan fingerprint density at radius 1 is 1.57 bits per heavy atom. The van der Waals surface area contributed by atoms with Gasteiger partial charge in [0, 0.05) is 11.6 Å². The molecular weight excluding hydrogens is 294 g/mol. The zero-order valence-electron chi connectivity index (χ0n) is 12.4. The number of nitrogens with one attached hydrogen (secondary N) is 1. The van der Waals surface area contributed by atoms with Crippen molar-refractivity contribution in [1.82, 2.24) is 5.32 Å². The van der Waals surface area contributed by atoms with Gasteiger partial charge >= 0.3 is 0 Å². The van der Waals surface area contributed by atoms with Crippen LogP contribution < -0.4 is 10.1 Å². The van der Waals surface area contributed by atoms with Crippen LogP contribution in [0.15, 0.2) is 24.3 Å². The molecule has 21 heavy (non-hydrogen) atoms. The number of rotatable bonds is 5. The normalized spacial score (nSPS) is 21.8. The number of benzene rings is 1. The second kappa shape index (κ2) is 6.64. The fourth-order valence-electron chi connectivity index (χ4n) is 2.02. The summed E-state index contributed by atoms with van der Waals surface area (Å²) in [5, 5.41) is 3.36. The van der Waals surface area contributed by atoms with Gasteiger partial charge in [0.15, 0.2) is 11.9 Å². The van der Waals surface area contributed by atoms with Gasteiger partial charge in [0.1, 0.15) is 11.9 Å². The summed E-state index contributed by atoms with van der Waals surface area (Å²) in [4.78, 5) is 12.0.